The zero-order valence-corrected chi connectivity index (χ0v) is 14.9. The Bertz CT molecular complexity index is 568. The number of hydrogen-bond acceptors (Lipinski definition) is 3. The lowest BCUT2D eigenvalue weighted by Crippen LogP contribution is -2.54. The molecule has 4 nitrogen and oxygen atoms in total. The molecule has 21 heavy (non-hydrogen) atoms. The molecule has 2 aliphatic heterocycles. The number of hydrogen-bond donors (Lipinski definition) is 0. The number of ether oxygens (including phenoxy) is 1. The van der Waals surface area contributed by atoms with Crippen LogP contribution in [0.2, 0.25) is 0 Å². The molecule has 1 amide bonds. The molecule has 1 atom stereocenters. The molecule has 0 bridgehead atoms. The summed E-state index contributed by atoms with van der Waals surface area (Å²) >= 11 is 2.35. The van der Waals surface area contributed by atoms with Crippen molar-refractivity contribution >= 4 is 34.4 Å². The van der Waals surface area contributed by atoms with Gasteiger partial charge in [0.15, 0.2) is 0 Å². The Hall–Kier alpha value is -0.980. The molecule has 1 fully saturated rings. The number of fused-ring (bicyclic) bond motifs is 3. The maximum Gasteiger partial charge on any atom is 0.410 e. The lowest BCUT2D eigenvalue weighted by Gasteiger charge is -2.39. The molecule has 0 aliphatic carbocycles. The van der Waals surface area contributed by atoms with Crippen LogP contribution >= 0.6 is 22.6 Å². The van der Waals surface area contributed by atoms with Gasteiger partial charge in [-0.05, 0) is 67.5 Å². The van der Waals surface area contributed by atoms with E-state index in [1.807, 2.05) is 25.7 Å². The van der Waals surface area contributed by atoms with Gasteiger partial charge in [0.25, 0.3) is 0 Å². The van der Waals surface area contributed by atoms with Crippen LogP contribution in [0.5, 0.6) is 0 Å². The molecule has 5 heteroatoms. The van der Waals surface area contributed by atoms with E-state index in [0.29, 0.717) is 6.04 Å². The SMILES string of the molecule is CC(C)(C)OC(=O)N1CCN2c3cc(I)ccc3CC2C1. The summed E-state index contributed by atoms with van der Waals surface area (Å²) in [5, 5.41) is 0. The fourth-order valence-electron chi connectivity index (χ4n) is 3.07. The van der Waals surface area contributed by atoms with Gasteiger partial charge in [0, 0.05) is 28.9 Å². The molecular formula is C16H21IN2O2. The monoisotopic (exact) mass is 400 g/mol. The van der Waals surface area contributed by atoms with Crippen molar-refractivity contribution in [3.8, 4) is 0 Å². The Morgan fingerprint density at radius 3 is 2.81 bits per heavy atom. The second-order valence-electron chi connectivity index (χ2n) is 6.75. The summed E-state index contributed by atoms with van der Waals surface area (Å²) in [7, 11) is 0. The van der Waals surface area contributed by atoms with Crippen LogP contribution in [-0.2, 0) is 11.2 Å². The number of benzene rings is 1. The zero-order valence-electron chi connectivity index (χ0n) is 12.7. The van der Waals surface area contributed by atoms with Crippen LogP contribution in [0.4, 0.5) is 10.5 Å². The maximum absolute atomic E-state index is 12.2. The molecule has 0 N–H and O–H groups in total. The third kappa shape index (κ3) is 3.12. The first kappa shape index (κ1) is 14.9. The van der Waals surface area contributed by atoms with E-state index < -0.39 is 5.60 Å². The first-order chi connectivity index (χ1) is 9.83. The molecule has 0 aromatic heterocycles. The average Bonchev–Trinajstić information content (AvgIpc) is 2.73. The van der Waals surface area contributed by atoms with Gasteiger partial charge in [-0.25, -0.2) is 4.79 Å². The van der Waals surface area contributed by atoms with E-state index in [-0.39, 0.29) is 6.09 Å². The molecule has 1 unspecified atom stereocenters. The van der Waals surface area contributed by atoms with Gasteiger partial charge in [-0.2, -0.15) is 0 Å². The second kappa shape index (κ2) is 5.34. The first-order valence-electron chi connectivity index (χ1n) is 7.36. The molecular weight excluding hydrogens is 379 g/mol. The Labute approximate surface area is 139 Å². The van der Waals surface area contributed by atoms with Crippen molar-refractivity contribution in [1.82, 2.24) is 4.90 Å². The number of anilines is 1. The lowest BCUT2D eigenvalue weighted by atomic mass is 10.1. The van der Waals surface area contributed by atoms with Gasteiger partial charge in [0.2, 0.25) is 0 Å². The van der Waals surface area contributed by atoms with Crippen molar-refractivity contribution in [3.63, 3.8) is 0 Å². The Morgan fingerprint density at radius 2 is 2.10 bits per heavy atom. The Balaban J connectivity index is 1.71. The third-order valence-electron chi connectivity index (χ3n) is 3.95. The van der Waals surface area contributed by atoms with Crippen LogP contribution in [-0.4, -0.2) is 42.3 Å². The van der Waals surface area contributed by atoms with Crippen molar-refractivity contribution in [1.29, 1.82) is 0 Å². The highest BCUT2D eigenvalue weighted by Gasteiger charge is 2.36. The van der Waals surface area contributed by atoms with Crippen molar-refractivity contribution < 1.29 is 9.53 Å². The summed E-state index contributed by atoms with van der Waals surface area (Å²) in [5.41, 5.74) is 2.31. The molecule has 0 radical (unpaired) electrons. The summed E-state index contributed by atoms with van der Waals surface area (Å²) in [6.07, 6.45) is 0.832. The van der Waals surface area contributed by atoms with E-state index in [9.17, 15) is 4.79 Å². The molecule has 0 saturated carbocycles. The van der Waals surface area contributed by atoms with Gasteiger partial charge in [0.05, 0.1) is 6.04 Å². The first-order valence-corrected chi connectivity index (χ1v) is 8.44. The van der Waals surface area contributed by atoms with Gasteiger partial charge in [-0.3, -0.25) is 0 Å². The summed E-state index contributed by atoms with van der Waals surface area (Å²) in [4.78, 5) is 16.5. The summed E-state index contributed by atoms with van der Waals surface area (Å²) in [6.45, 7) is 8.10. The molecule has 0 spiro atoms. The molecule has 1 aromatic rings. The van der Waals surface area contributed by atoms with Crippen molar-refractivity contribution in [2.24, 2.45) is 0 Å². The van der Waals surface area contributed by atoms with E-state index in [4.69, 9.17) is 4.74 Å². The molecule has 3 rings (SSSR count). The number of carbonyl (C=O) groups is 1. The van der Waals surface area contributed by atoms with E-state index >= 15 is 0 Å². The van der Waals surface area contributed by atoms with Crippen LogP contribution in [0.25, 0.3) is 0 Å². The molecule has 2 aliphatic rings. The van der Waals surface area contributed by atoms with E-state index in [2.05, 4.69) is 45.7 Å². The number of amides is 1. The number of nitrogens with zero attached hydrogens (tertiary/aromatic N) is 2. The maximum atomic E-state index is 12.2. The minimum atomic E-state index is -0.428. The van der Waals surface area contributed by atoms with Crippen molar-refractivity contribution in [3.05, 3.63) is 27.3 Å². The van der Waals surface area contributed by atoms with Crippen LogP contribution in [0, 0.1) is 3.57 Å². The summed E-state index contributed by atoms with van der Waals surface area (Å²) in [5.74, 6) is 0. The van der Waals surface area contributed by atoms with E-state index in [1.165, 1.54) is 14.8 Å². The Morgan fingerprint density at radius 1 is 1.33 bits per heavy atom. The standard InChI is InChI=1S/C16H21IN2O2/c1-16(2,3)21-15(20)18-6-7-19-13(10-18)8-11-4-5-12(17)9-14(11)19/h4-5,9,13H,6-8,10H2,1-3H3. The minimum Gasteiger partial charge on any atom is -0.444 e. The fourth-order valence-corrected chi connectivity index (χ4v) is 3.55. The number of carbonyl (C=O) groups excluding carboxylic acids is 1. The van der Waals surface area contributed by atoms with Crippen LogP contribution < -0.4 is 4.90 Å². The van der Waals surface area contributed by atoms with Gasteiger partial charge < -0.3 is 14.5 Å². The average molecular weight is 400 g/mol. The zero-order chi connectivity index (χ0) is 15.2. The topological polar surface area (TPSA) is 32.8 Å². The molecule has 1 aromatic carbocycles. The summed E-state index contributed by atoms with van der Waals surface area (Å²) in [6, 6.07) is 7.01. The Kier molecular flexibility index (Phi) is 3.80. The number of rotatable bonds is 0. The number of halogens is 1. The van der Waals surface area contributed by atoms with Gasteiger partial charge in [0.1, 0.15) is 5.60 Å². The fraction of sp³-hybridized carbons (Fsp3) is 0.562. The van der Waals surface area contributed by atoms with Gasteiger partial charge in [-0.1, -0.05) is 6.07 Å². The largest absolute Gasteiger partial charge is 0.444 e. The van der Waals surface area contributed by atoms with Crippen LogP contribution in [0.3, 0.4) is 0 Å². The van der Waals surface area contributed by atoms with Gasteiger partial charge in [-0.15, -0.1) is 0 Å². The highest BCUT2D eigenvalue weighted by molar-refractivity contribution is 14.1. The minimum absolute atomic E-state index is 0.187. The normalized spacial score (nSPS) is 21.0. The molecule has 114 valence electrons. The van der Waals surface area contributed by atoms with E-state index in [0.717, 1.165) is 26.1 Å². The van der Waals surface area contributed by atoms with Crippen molar-refractivity contribution in [2.45, 2.75) is 38.8 Å². The number of piperazine rings is 1. The quantitative estimate of drug-likeness (QED) is 0.627. The van der Waals surface area contributed by atoms with Crippen LogP contribution in [0.1, 0.15) is 26.3 Å². The second-order valence-corrected chi connectivity index (χ2v) is 8.00. The molecule has 2 heterocycles. The van der Waals surface area contributed by atoms with E-state index in [1.54, 1.807) is 0 Å². The molecule has 1 saturated heterocycles. The predicted octanol–water partition coefficient (Wildman–Crippen LogP) is 3.27. The van der Waals surface area contributed by atoms with Gasteiger partial charge >= 0.3 is 6.09 Å². The van der Waals surface area contributed by atoms with Crippen LogP contribution in [0.15, 0.2) is 18.2 Å². The lowest BCUT2D eigenvalue weighted by molar-refractivity contribution is 0.0217. The summed E-state index contributed by atoms with van der Waals surface area (Å²) < 4.78 is 6.75. The van der Waals surface area contributed by atoms with Crippen molar-refractivity contribution in [2.75, 3.05) is 24.5 Å². The third-order valence-corrected chi connectivity index (χ3v) is 4.62. The predicted molar refractivity (Wildman–Crippen MR) is 91.8 cm³/mol. The highest BCUT2D eigenvalue weighted by atomic mass is 127. The smallest absolute Gasteiger partial charge is 0.410 e. The highest BCUT2D eigenvalue weighted by Crippen LogP contribution is 2.35.